The van der Waals surface area contributed by atoms with E-state index in [1.807, 2.05) is 30.3 Å². The van der Waals surface area contributed by atoms with E-state index in [0.29, 0.717) is 5.82 Å². The molecule has 0 saturated heterocycles. The lowest BCUT2D eigenvalue weighted by molar-refractivity contribution is 0.580. The summed E-state index contributed by atoms with van der Waals surface area (Å²) in [4.78, 5) is 13.8. The van der Waals surface area contributed by atoms with Gasteiger partial charge in [-0.1, -0.05) is 200 Å². The molecule has 1 atom stereocenters. The van der Waals surface area contributed by atoms with Crippen LogP contribution in [0.1, 0.15) is 64.5 Å². The third kappa shape index (κ3) is 8.07. The normalized spacial score (nSPS) is 12.8. The number of benzene rings is 8. The standard InChI is InChI=1S/C53H48N4.C12H9N/c1-8-35(44-34-45(36-19-11-9-12-20-36)55-51(54-44)37-21-13-10-14-22-37)31-50(56-46-25-17-15-23-40(46)41-24-16-18-26-47(41)56)57-48-29-27-38(52(2,3)4)32-42(48)43-33-39(53(5,6)7)28-30-49(43)57;1-3-7-11-9(5-1)10-6-2-4-8-12(10)13-11/h8-34,50H,1H2,2-7H3;1-8,13H/b35-31+;. The summed E-state index contributed by atoms with van der Waals surface area (Å²) in [5.41, 5.74) is 14.3. The van der Waals surface area contributed by atoms with Crippen LogP contribution in [0.15, 0.2) is 219 Å². The molecule has 12 aromatic rings. The molecule has 1 N–H and O–H groups in total. The van der Waals surface area contributed by atoms with Crippen LogP contribution in [0.25, 0.3) is 93.6 Å². The van der Waals surface area contributed by atoms with E-state index < -0.39 is 0 Å². The van der Waals surface area contributed by atoms with Crippen molar-refractivity contribution in [3.63, 3.8) is 0 Å². The molecule has 0 fully saturated rings. The van der Waals surface area contributed by atoms with Gasteiger partial charge in [0.05, 0.1) is 33.5 Å². The van der Waals surface area contributed by atoms with Crippen molar-refractivity contribution in [3.05, 3.63) is 236 Å². The second-order valence-electron chi connectivity index (χ2n) is 20.4. The van der Waals surface area contributed by atoms with Gasteiger partial charge >= 0.3 is 0 Å². The van der Waals surface area contributed by atoms with E-state index in [0.717, 1.165) is 39.1 Å². The number of rotatable bonds is 7. The van der Waals surface area contributed by atoms with Gasteiger partial charge in [-0.25, -0.2) is 9.97 Å². The van der Waals surface area contributed by atoms with E-state index >= 15 is 0 Å². The maximum Gasteiger partial charge on any atom is 0.160 e. The zero-order valence-corrected chi connectivity index (χ0v) is 40.8. The molecule has 0 aliphatic carbocycles. The van der Waals surface area contributed by atoms with Gasteiger partial charge in [-0.15, -0.1) is 0 Å². The van der Waals surface area contributed by atoms with Crippen molar-refractivity contribution >= 4 is 71.0 Å². The Morgan fingerprint density at radius 2 is 0.886 bits per heavy atom. The highest BCUT2D eigenvalue weighted by molar-refractivity contribution is 6.11. The number of nitrogens with one attached hydrogen (secondary N) is 1. The van der Waals surface area contributed by atoms with Crippen molar-refractivity contribution in [1.82, 2.24) is 24.1 Å². The lowest BCUT2D eigenvalue weighted by atomic mass is 9.85. The smallest absolute Gasteiger partial charge is 0.160 e. The van der Waals surface area contributed by atoms with Gasteiger partial charge in [-0.05, 0) is 88.2 Å². The second kappa shape index (κ2) is 17.7. The number of hydrogen-bond donors (Lipinski definition) is 1. The molecule has 1 unspecified atom stereocenters. The molecular formula is C65H57N5. The molecule has 5 nitrogen and oxygen atoms in total. The minimum Gasteiger partial charge on any atom is -0.355 e. The van der Waals surface area contributed by atoms with Gasteiger partial charge in [0, 0.05) is 54.5 Å². The number of H-pyrrole nitrogens is 1. The highest BCUT2D eigenvalue weighted by Gasteiger charge is 2.26. The summed E-state index contributed by atoms with van der Waals surface area (Å²) in [6, 6.07) is 71.1. The number of nitrogens with zero attached hydrogens (tertiary/aromatic N) is 4. The van der Waals surface area contributed by atoms with E-state index in [1.165, 1.54) is 65.5 Å². The lowest BCUT2D eigenvalue weighted by Crippen LogP contribution is -2.17. The molecule has 8 aromatic carbocycles. The zero-order chi connectivity index (χ0) is 48.1. The Bertz CT molecular complexity index is 3690. The first kappa shape index (κ1) is 44.2. The van der Waals surface area contributed by atoms with Gasteiger partial charge < -0.3 is 14.1 Å². The predicted octanol–water partition coefficient (Wildman–Crippen LogP) is 17.3. The highest BCUT2D eigenvalue weighted by Crippen LogP contribution is 2.42. The molecule has 342 valence electrons. The van der Waals surface area contributed by atoms with Crippen LogP contribution >= 0.6 is 0 Å². The number of hydrogen-bond acceptors (Lipinski definition) is 2. The average molecular weight is 908 g/mol. The number of aromatic amines is 1. The van der Waals surface area contributed by atoms with Crippen LogP contribution in [-0.2, 0) is 10.8 Å². The molecule has 0 bridgehead atoms. The quantitative estimate of drug-likeness (QED) is 0.162. The molecule has 5 heteroatoms. The van der Waals surface area contributed by atoms with Crippen LogP contribution in [0.5, 0.6) is 0 Å². The Labute approximate surface area is 410 Å². The third-order valence-electron chi connectivity index (χ3n) is 13.8. The zero-order valence-electron chi connectivity index (χ0n) is 40.8. The molecule has 0 aliphatic rings. The average Bonchev–Trinajstić information content (AvgIpc) is 4.04. The van der Waals surface area contributed by atoms with Crippen LogP contribution in [0, 0.1) is 0 Å². The Hall–Kier alpha value is -8.28. The van der Waals surface area contributed by atoms with Crippen LogP contribution in [0.4, 0.5) is 0 Å². The van der Waals surface area contributed by atoms with Crippen LogP contribution in [0.3, 0.4) is 0 Å². The summed E-state index contributed by atoms with van der Waals surface area (Å²) < 4.78 is 5.03. The Morgan fingerprint density at radius 1 is 0.457 bits per heavy atom. The number of para-hydroxylation sites is 4. The van der Waals surface area contributed by atoms with Crippen LogP contribution < -0.4 is 0 Å². The molecule has 0 spiro atoms. The van der Waals surface area contributed by atoms with Crippen molar-refractivity contribution in [2.45, 2.75) is 58.5 Å². The maximum absolute atomic E-state index is 5.27. The Morgan fingerprint density at radius 3 is 1.37 bits per heavy atom. The topological polar surface area (TPSA) is 51.4 Å². The highest BCUT2D eigenvalue weighted by atomic mass is 15.2. The van der Waals surface area contributed by atoms with E-state index in [4.69, 9.17) is 9.97 Å². The minimum atomic E-state index is -0.306. The summed E-state index contributed by atoms with van der Waals surface area (Å²) in [7, 11) is 0. The van der Waals surface area contributed by atoms with Crippen molar-refractivity contribution in [2.75, 3.05) is 0 Å². The molecule has 0 amide bonds. The molecule has 0 radical (unpaired) electrons. The van der Waals surface area contributed by atoms with E-state index in [1.54, 1.807) is 0 Å². The fraction of sp³-hybridized carbons (Fsp3) is 0.138. The summed E-state index contributed by atoms with van der Waals surface area (Å²) in [5.74, 6) is 0.675. The van der Waals surface area contributed by atoms with Gasteiger partial charge in [-0.3, -0.25) is 0 Å². The van der Waals surface area contributed by atoms with E-state index in [9.17, 15) is 0 Å². The molecule has 4 aromatic heterocycles. The van der Waals surface area contributed by atoms with Gasteiger partial charge in [0.25, 0.3) is 0 Å². The van der Waals surface area contributed by atoms with Crippen molar-refractivity contribution in [1.29, 1.82) is 0 Å². The molecule has 12 rings (SSSR count). The molecule has 0 aliphatic heterocycles. The molecular weight excluding hydrogens is 851 g/mol. The maximum atomic E-state index is 5.27. The van der Waals surface area contributed by atoms with Crippen molar-refractivity contribution in [3.8, 4) is 22.6 Å². The minimum absolute atomic E-state index is 0.00761. The first-order valence-corrected chi connectivity index (χ1v) is 24.3. The second-order valence-corrected chi connectivity index (χ2v) is 20.4. The number of fused-ring (bicyclic) bond motifs is 9. The summed E-state index contributed by atoms with van der Waals surface area (Å²) >= 11 is 0. The van der Waals surface area contributed by atoms with Gasteiger partial charge in [0.1, 0.15) is 6.17 Å². The SMILES string of the molecule is C=C/C(=C\C(n1c2ccccc2c2ccccc21)n1c2ccc(C(C)(C)C)cc2c2cc(C(C)(C)C)ccc21)c1cc(-c2ccccc2)nc(-c2ccccc2)n1.c1ccc2c(c1)[nH]c1ccccc12. The fourth-order valence-electron chi connectivity index (χ4n) is 10.1. The summed E-state index contributed by atoms with van der Waals surface area (Å²) in [6.07, 6.45) is 4.00. The summed E-state index contributed by atoms with van der Waals surface area (Å²) in [5, 5.41) is 7.55. The molecule has 70 heavy (non-hydrogen) atoms. The molecule has 4 heterocycles. The van der Waals surface area contributed by atoms with Gasteiger partial charge in [0.15, 0.2) is 5.82 Å². The largest absolute Gasteiger partial charge is 0.355 e. The monoisotopic (exact) mass is 907 g/mol. The van der Waals surface area contributed by atoms with Crippen LogP contribution in [-0.4, -0.2) is 24.1 Å². The van der Waals surface area contributed by atoms with Gasteiger partial charge in [-0.2, -0.15) is 0 Å². The predicted molar refractivity (Wildman–Crippen MR) is 298 cm³/mol. The van der Waals surface area contributed by atoms with E-state index in [2.05, 4.69) is 244 Å². The summed E-state index contributed by atoms with van der Waals surface area (Å²) in [6.45, 7) is 18.2. The van der Waals surface area contributed by atoms with Crippen molar-refractivity contribution < 1.29 is 0 Å². The lowest BCUT2D eigenvalue weighted by Gasteiger charge is -2.25. The number of allylic oxidation sites excluding steroid dienone is 3. The number of aromatic nitrogens is 5. The third-order valence-corrected chi connectivity index (χ3v) is 13.8. The van der Waals surface area contributed by atoms with Crippen LogP contribution in [0.2, 0.25) is 0 Å². The fourth-order valence-corrected chi connectivity index (χ4v) is 10.1. The first-order chi connectivity index (χ1) is 33.9. The van der Waals surface area contributed by atoms with E-state index in [-0.39, 0.29) is 17.0 Å². The molecule has 0 saturated carbocycles. The first-order valence-electron chi connectivity index (χ1n) is 24.3. The van der Waals surface area contributed by atoms with Gasteiger partial charge in [0.2, 0.25) is 0 Å². The van der Waals surface area contributed by atoms with Crippen molar-refractivity contribution in [2.24, 2.45) is 0 Å². The Kier molecular flexibility index (Phi) is 11.2. The Balaban J connectivity index is 0.000000351.